The van der Waals surface area contributed by atoms with Gasteiger partial charge in [0, 0.05) is 11.4 Å². The minimum absolute atomic E-state index is 0.147. The lowest BCUT2D eigenvalue weighted by Gasteiger charge is -1.97. The summed E-state index contributed by atoms with van der Waals surface area (Å²) in [4.78, 5) is 4.09. The highest BCUT2D eigenvalue weighted by Crippen LogP contribution is 2.12. The quantitative estimate of drug-likeness (QED) is 0.830. The molecule has 4 nitrogen and oxygen atoms in total. The number of benzene rings is 1. The molecular weight excluding hydrogens is 214 g/mol. The summed E-state index contributed by atoms with van der Waals surface area (Å²) < 4.78 is 0. The van der Waals surface area contributed by atoms with Crippen molar-refractivity contribution in [3.8, 4) is 0 Å². The normalized spacial score (nSPS) is 10.5. The first kappa shape index (κ1) is 10.1. The van der Waals surface area contributed by atoms with E-state index in [-0.39, 0.29) is 6.61 Å². The van der Waals surface area contributed by atoms with E-state index in [1.54, 1.807) is 0 Å². The highest BCUT2D eigenvalue weighted by atomic mass is 35.5. The van der Waals surface area contributed by atoms with E-state index in [0.29, 0.717) is 17.3 Å². The summed E-state index contributed by atoms with van der Waals surface area (Å²) in [7, 11) is 0. The molecule has 0 bridgehead atoms. The van der Waals surface area contributed by atoms with Crippen LogP contribution in [0.1, 0.15) is 17.2 Å². The Bertz CT molecular complexity index is 455. The molecular formula is C10H10ClN3O. The van der Waals surface area contributed by atoms with Gasteiger partial charge in [0.05, 0.1) is 0 Å². The van der Waals surface area contributed by atoms with Gasteiger partial charge in [-0.1, -0.05) is 23.7 Å². The van der Waals surface area contributed by atoms with E-state index >= 15 is 0 Å². The number of aliphatic hydroxyl groups excluding tert-OH is 1. The van der Waals surface area contributed by atoms with Crippen LogP contribution in [-0.4, -0.2) is 20.3 Å². The first-order valence-electron chi connectivity index (χ1n) is 4.53. The Labute approximate surface area is 91.9 Å². The van der Waals surface area contributed by atoms with Crippen molar-refractivity contribution in [1.29, 1.82) is 0 Å². The fourth-order valence-electron chi connectivity index (χ4n) is 1.32. The van der Waals surface area contributed by atoms with Gasteiger partial charge in [-0.25, -0.2) is 4.98 Å². The van der Waals surface area contributed by atoms with Gasteiger partial charge in [0.25, 0.3) is 0 Å². The summed E-state index contributed by atoms with van der Waals surface area (Å²) in [6.45, 7) is -0.147. The van der Waals surface area contributed by atoms with Gasteiger partial charge in [-0.15, -0.1) is 0 Å². The van der Waals surface area contributed by atoms with E-state index in [9.17, 15) is 0 Å². The second-order valence-corrected chi connectivity index (χ2v) is 3.60. The zero-order chi connectivity index (χ0) is 10.7. The molecule has 15 heavy (non-hydrogen) atoms. The van der Waals surface area contributed by atoms with Crippen molar-refractivity contribution in [2.45, 2.75) is 13.0 Å². The molecule has 0 unspecified atom stereocenters. The third-order valence-electron chi connectivity index (χ3n) is 1.98. The highest BCUT2D eigenvalue weighted by molar-refractivity contribution is 6.30. The van der Waals surface area contributed by atoms with Gasteiger partial charge in [0.2, 0.25) is 0 Å². The summed E-state index contributed by atoms with van der Waals surface area (Å²) in [5.74, 6) is 1.13. The highest BCUT2D eigenvalue weighted by Gasteiger charge is 2.03. The second kappa shape index (κ2) is 4.42. The molecule has 1 heterocycles. The lowest BCUT2D eigenvalue weighted by atomic mass is 10.1. The fourth-order valence-corrected chi connectivity index (χ4v) is 1.54. The van der Waals surface area contributed by atoms with Crippen LogP contribution in [0.15, 0.2) is 24.3 Å². The van der Waals surface area contributed by atoms with Crippen molar-refractivity contribution >= 4 is 11.6 Å². The van der Waals surface area contributed by atoms with Gasteiger partial charge >= 0.3 is 0 Å². The number of aliphatic hydroxyl groups is 1. The number of hydrogen-bond acceptors (Lipinski definition) is 3. The van der Waals surface area contributed by atoms with E-state index in [4.69, 9.17) is 16.7 Å². The fraction of sp³-hybridized carbons (Fsp3) is 0.200. The van der Waals surface area contributed by atoms with Crippen LogP contribution in [0, 0.1) is 0 Å². The number of nitrogens with zero attached hydrogens (tertiary/aromatic N) is 2. The Morgan fingerprint density at radius 3 is 2.93 bits per heavy atom. The zero-order valence-electron chi connectivity index (χ0n) is 7.94. The minimum atomic E-state index is -0.147. The van der Waals surface area contributed by atoms with Crippen LogP contribution in [0.25, 0.3) is 0 Å². The first-order chi connectivity index (χ1) is 7.28. The standard InChI is InChI=1S/C10H10ClN3O/c11-8-3-1-2-7(4-8)5-9-12-10(6-15)14-13-9/h1-4,15H,5-6H2,(H,12,13,14). The van der Waals surface area contributed by atoms with Gasteiger partial charge in [-0.3, -0.25) is 5.10 Å². The predicted molar refractivity (Wildman–Crippen MR) is 56.6 cm³/mol. The molecule has 0 saturated carbocycles. The van der Waals surface area contributed by atoms with E-state index in [2.05, 4.69) is 15.2 Å². The van der Waals surface area contributed by atoms with E-state index < -0.39 is 0 Å². The maximum absolute atomic E-state index is 8.80. The lowest BCUT2D eigenvalue weighted by molar-refractivity contribution is 0.272. The van der Waals surface area contributed by atoms with Crippen LogP contribution in [-0.2, 0) is 13.0 Å². The smallest absolute Gasteiger partial charge is 0.176 e. The Balaban J connectivity index is 2.14. The third kappa shape index (κ3) is 2.55. The summed E-state index contributed by atoms with van der Waals surface area (Å²) in [6.07, 6.45) is 0.632. The number of aromatic nitrogens is 3. The van der Waals surface area contributed by atoms with Crippen molar-refractivity contribution in [2.75, 3.05) is 0 Å². The van der Waals surface area contributed by atoms with E-state index in [1.807, 2.05) is 24.3 Å². The molecule has 0 aliphatic heterocycles. The first-order valence-corrected chi connectivity index (χ1v) is 4.91. The van der Waals surface area contributed by atoms with Crippen molar-refractivity contribution in [2.24, 2.45) is 0 Å². The molecule has 0 amide bonds. The van der Waals surface area contributed by atoms with E-state index in [1.165, 1.54) is 0 Å². The summed E-state index contributed by atoms with van der Waals surface area (Å²) in [5.41, 5.74) is 1.06. The molecule has 2 rings (SSSR count). The maximum Gasteiger partial charge on any atom is 0.176 e. The van der Waals surface area contributed by atoms with Gasteiger partial charge in [-0.2, -0.15) is 5.10 Å². The topological polar surface area (TPSA) is 61.8 Å². The Morgan fingerprint density at radius 1 is 1.40 bits per heavy atom. The van der Waals surface area contributed by atoms with Crippen LogP contribution < -0.4 is 0 Å². The molecule has 0 atom stereocenters. The van der Waals surface area contributed by atoms with Crippen molar-refractivity contribution in [1.82, 2.24) is 15.2 Å². The summed E-state index contributed by atoms with van der Waals surface area (Å²) in [6, 6.07) is 7.56. The number of nitrogens with one attached hydrogen (secondary N) is 1. The third-order valence-corrected chi connectivity index (χ3v) is 2.22. The van der Waals surface area contributed by atoms with Crippen LogP contribution in [0.4, 0.5) is 0 Å². The molecule has 1 aromatic heterocycles. The van der Waals surface area contributed by atoms with Crippen LogP contribution in [0.3, 0.4) is 0 Å². The number of hydrogen-bond donors (Lipinski definition) is 2. The predicted octanol–water partition coefficient (Wildman–Crippen LogP) is 1.54. The molecule has 2 N–H and O–H groups in total. The number of rotatable bonds is 3. The molecule has 0 saturated heterocycles. The largest absolute Gasteiger partial charge is 0.388 e. The Morgan fingerprint density at radius 2 is 2.27 bits per heavy atom. The molecule has 0 aliphatic carbocycles. The molecule has 78 valence electrons. The van der Waals surface area contributed by atoms with Gasteiger partial charge in [-0.05, 0) is 17.7 Å². The monoisotopic (exact) mass is 223 g/mol. The maximum atomic E-state index is 8.80. The average molecular weight is 224 g/mol. The minimum Gasteiger partial charge on any atom is -0.388 e. The number of aromatic amines is 1. The average Bonchev–Trinajstić information content (AvgIpc) is 2.65. The SMILES string of the molecule is OCc1n[nH]c(Cc2cccc(Cl)c2)n1. The molecule has 0 spiro atoms. The molecule has 0 fully saturated rings. The van der Waals surface area contributed by atoms with Crippen molar-refractivity contribution in [3.63, 3.8) is 0 Å². The lowest BCUT2D eigenvalue weighted by Crippen LogP contribution is -1.91. The molecule has 0 aliphatic rings. The molecule has 2 aromatic rings. The molecule has 5 heteroatoms. The second-order valence-electron chi connectivity index (χ2n) is 3.16. The number of halogens is 1. The van der Waals surface area contributed by atoms with E-state index in [0.717, 1.165) is 11.4 Å². The Kier molecular flexibility index (Phi) is 2.99. The molecule has 0 radical (unpaired) electrons. The van der Waals surface area contributed by atoms with Gasteiger partial charge < -0.3 is 5.11 Å². The summed E-state index contributed by atoms with van der Waals surface area (Å²) in [5, 5.41) is 16.1. The zero-order valence-corrected chi connectivity index (χ0v) is 8.70. The van der Waals surface area contributed by atoms with Gasteiger partial charge in [0.15, 0.2) is 5.82 Å². The van der Waals surface area contributed by atoms with Gasteiger partial charge in [0.1, 0.15) is 12.4 Å². The summed E-state index contributed by atoms with van der Waals surface area (Å²) >= 11 is 5.86. The molecule has 1 aromatic carbocycles. The number of H-pyrrole nitrogens is 1. The van der Waals surface area contributed by atoms with Crippen LogP contribution in [0.5, 0.6) is 0 Å². The Hall–Kier alpha value is -1.39. The van der Waals surface area contributed by atoms with Crippen LogP contribution in [0.2, 0.25) is 5.02 Å². The van der Waals surface area contributed by atoms with Crippen molar-refractivity contribution < 1.29 is 5.11 Å². The van der Waals surface area contributed by atoms with Crippen LogP contribution >= 0.6 is 11.6 Å². The van der Waals surface area contributed by atoms with Crippen molar-refractivity contribution in [3.05, 3.63) is 46.5 Å².